The molecule has 0 saturated heterocycles. The highest BCUT2D eigenvalue weighted by molar-refractivity contribution is 5.77. The average molecular weight is 945 g/mol. The Kier molecular flexibility index (Phi) is 43.9. The number of rotatable bonds is 49. The van der Waals surface area contributed by atoms with Crippen molar-refractivity contribution in [2.45, 2.75) is 37.6 Å². The van der Waals surface area contributed by atoms with Crippen LogP contribution in [0.25, 0.3) is 0 Å². The van der Waals surface area contributed by atoms with Gasteiger partial charge in [0.2, 0.25) is 23.6 Å². The SMILES string of the molecule is C#CCOCCOCCNC(=O)CCOCC(COCCC(=O)NCCOCCOCC#C)(COCCC(=O)NCCOCCOCC#C)NC(=O)CCOCCOCCOCCC(=O)O. The van der Waals surface area contributed by atoms with Gasteiger partial charge in [0, 0.05) is 45.3 Å². The van der Waals surface area contributed by atoms with Gasteiger partial charge >= 0.3 is 5.97 Å². The molecule has 0 spiro atoms. The minimum Gasteiger partial charge on any atom is -0.481 e. The number of carboxylic acids is 1. The number of carboxylic acid groups (broad SMARTS) is 1. The Bertz CT molecular complexity index is 1260. The second-order valence-electron chi connectivity index (χ2n) is 13.6. The summed E-state index contributed by atoms with van der Waals surface area (Å²) in [6, 6.07) is 0. The molecule has 5 N–H and O–H groups in total. The molecule has 0 aliphatic heterocycles. The van der Waals surface area contributed by atoms with Crippen molar-refractivity contribution < 1.29 is 85.9 Å². The molecule has 0 aliphatic carbocycles. The van der Waals surface area contributed by atoms with Gasteiger partial charge in [-0.3, -0.25) is 24.0 Å². The Morgan fingerprint density at radius 2 is 0.636 bits per heavy atom. The first-order valence-electron chi connectivity index (χ1n) is 21.7. The monoisotopic (exact) mass is 944 g/mol. The standard InChI is InChI=1S/C44H72N4O18/c1-4-15-55-26-31-60-23-12-45-39(49)7-19-64-36-44(37-65-20-8-40(50)46-13-24-61-32-27-56-16-5-2,38-66-21-9-41(51)47-14-25-62-33-28-57-17-6-3)48-42(52)10-18-58-29-34-63-35-30-59-22-11-43(53)54/h1-3H,7-38H2,(H,45,49)(H,46,50)(H,47,51)(H,48,52)(H,53,54). The molecular weight excluding hydrogens is 872 g/mol. The molecule has 0 aliphatic rings. The van der Waals surface area contributed by atoms with Crippen molar-refractivity contribution in [3.05, 3.63) is 0 Å². The molecule has 0 bridgehead atoms. The van der Waals surface area contributed by atoms with Gasteiger partial charge in [0.1, 0.15) is 25.4 Å². The fourth-order valence-corrected chi connectivity index (χ4v) is 4.86. The fraction of sp³-hybridized carbons (Fsp3) is 0.750. The number of nitrogens with one attached hydrogen (secondary N) is 4. The van der Waals surface area contributed by atoms with Gasteiger partial charge < -0.3 is 83.2 Å². The van der Waals surface area contributed by atoms with E-state index in [1.807, 2.05) is 0 Å². The lowest BCUT2D eigenvalue weighted by atomic mass is 10.0. The smallest absolute Gasteiger partial charge is 0.305 e. The van der Waals surface area contributed by atoms with Gasteiger partial charge in [-0.2, -0.15) is 0 Å². The predicted octanol–water partition coefficient (Wildman–Crippen LogP) is -1.68. The summed E-state index contributed by atoms with van der Waals surface area (Å²) in [5.74, 6) is 4.81. The van der Waals surface area contributed by atoms with Gasteiger partial charge in [0.15, 0.2) is 0 Å². The summed E-state index contributed by atoms with van der Waals surface area (Å²) in [6.45, 7) is 4.50. The first-order chi connectivity index (χ1) is 32.2. The predicted molar refractivity (Wildman–Crippen MR) is 237 cm³/mol. The average Bonchev–Trinajstić information content (AvgIpc) is 3.29. The second kappa shape index (κ2) is 47.1. The number of ether oxygens (including phenoxy) is 12. The molecule has 22 heteroatoms. The molecule has 0 aromatic rings. The van der Waals surface area contributed by atoms with Gasteiger partial charge in [-0.15, -0.1) is 19.3 Å². The van der Waals surface area contributed by atoms with Crippen molar-refractivity contribution in [1.29, 1.82) is 0 Å². The Morgan fingerprint density at radius 1 is 0.364 bits per heavy atom. The van der Waals surface area contributed by atoms with E-state index >= 15 is 0 Å². The first-order valence-corrected chi connectivity index (χ1v) is 21.7. The van der Waals surface area contributed by atoms with Crippen molar-refractivity contribution in [2.75, 3.05) is 178 Å². The molecule has 0 aromatic heterocycles. The number of carbonyl (C=O) groups is 5. The minimum absolute atomic E-state index is 0.00890. The van der Waals surface area contributed by atoms with Gasteiger partial charge in [-0.05, 0) is 0 Å². The van der Waals surface area contributed by atoms with Crippen LogP contribution in [-0.2, 0) is 80.8 Å². The lowest BCUT2D eigenvalue weighted by Gasteiger charge is -2.34. The van der Waals surface area contributed by atoms with Crippen LogP contribution in [0, 0.1) is 37.0 Å². The van der Waals surface area contributed by atoms with Gasteiger partial charge in [-0.1, -0.05) is 17.8 Å². The number of hydrogen-bond acceptors (Lipinski definition) is 17. The number of aliphatic carboxylic acids is 1. The van der Waals surface area contributed by atoms with Crippen LogP contribution < -0.4 is 21.3 Å². The molecule has 0 unspecified atom stereocenters. The lowest BCUT2D eigenvalue weighted by Crippen LogP contribution is -2.59. The van der Waals surface area contributed by atoms with E-state index in [0.29, 0.717) is 39.6 Å². The van der Waals surface area contributed by atoms with Crippen LogP contribution in [0.5, 0.6) is 0 Å². The molecule has 0 radical (unpaired) electrons. The zero-order chi connectivity index (χ0) is 48.4. The Hall–Kier alpha value is -4.45. The zero-order valence-electron chi connectivity index (χ0n) is 38.2. The molecular formula is C44H72N4O18. The van der Waals surface area contributed by atoms with E-state index in [-0.39, 0.29) is 188 Å². The van der Waals surface area contributed by atoms with Crippen molar-refractivity contribution in [2.24, 2.45) is 0 Å². The summed E-state index contributed by atoms with van der Waals surface area (Å²) in [7, 11) is 0. The van der Waals surface area contributed by atoms with Crippen molar-refractivity contribution >= 4 is 29.6 Å². The van der Waals surface area contributed by atoms with E-state index in [0.717, 1.165) is 0 Å². The summed E-state index contributed by atoms with van der Waals surface area (Å²) in [5, 5.41) is 19.8. The van der Waals surface area contributed by atoms with Crippen LogP contribution in [0.3, 0.4) is 0 Å². The summed E-state index contributed by atoms with van der Waals surface area (Å²) >= 11 is 0. The lowest BCUT2D eigenvalue weighted by molar-refractivity contribution is -0.138. The van der Waals surface area contributed by atoms with E-state index < -0.39 is 17.4 Å². The van der Waals surface area contributed by atoms with Crippen molar-refractivity contribution in [3.63, 3.8) is 0 Å². The first kappa shape index (κ1) is 61.5. The van der Waals surface area contributed by atoms with E-state index in [1.54, 1.807) is 0 Å². The van der Waals surface area contributed by atoms with Crippen LogP contribution in [-0.4, -0.2) is 218 Å². The third kappa shape index (κ3) is 43.4. The summed E-state index contributed by atoms with van der Waals surface area (Å²) in [4.78, 5) is 61.5. The third-order valence-corrected chi connectivity index (χ3v) is 8.02. The van der Waals surface area contributed by atoms with Crippen LogP contribution in [0.2, 0.25) is 0 Å². The van der Waals surface area contributed by atoms with Crippen molar-refractivity contribution in [3.8, 4) is 37.0 Å². The summed E-state index contributed by atoms with van der Waals surface area (Å²) < 4.78 is 65.6. The number of terminal acetylenes is 3. The maximum absolute atomic E-state index is 13.4. The van der Waals surface area contributed by atoms with Crippen LogP contribution in [0.4, 0.5) is 0 Å². The Morgan fingerprint density at radius 3 is 0.970 bits per heavy atom. The maximum atomic E-state index is 13.4. The molecule has 4 amide bonds. The highest BCUT2D eigenvalue weighted by Gasteiger charge is 2.34. The Balaban J connectivity index is 5.41. The molecule has 0 atom stereocenters. The van der Waals surface area contributed by atoms with E-state index in [9.17, 15) is 24.0 Å². The van der Waals surface area contributed by atoms with Crippen LogP contribution in [0.1, 0.15) is 32.1 Å². The molecule has 0 rings (SSSR count). The molecule has 0 heterocycles. The topological polar surface area (TPSA) is 264 Å². The quantitative estimate of drug-likeness (QED) is 0.0337. The van der Waals surface area contributed by atoms with Gasteiger partial charge in [-0.25, -0.2) is 0 Å². The highest BCUT2D eigenvalue weighted by Crippen LogP contribution is 2.11. The molecule has 0 aromatic carbocycles. The number of carbonyl (C=O) groups excluding carboxylic acids is 4. The zero-order valence-corrected chi connectivity index (χ0v) is 38.2. The van der Waals surface area contributed by atoms with Gasteiger partial charge in [0.05, 0.1) is 145 Å². The fourth-order valence-electron chi connectivity index (χ4n) is 4.86. The largest absolute Gasteiger partial charge is 0.481 e. The van der Waals surface area contributed by atoms with E-state index in [4.69, 9.17) is 81.2 Å². The highest BCUT2D eigenvalue weighted by atomic mass is 16.6. The minimum atomic E-state index is -1.33. The maximum Gasteiger partial charge on any atom is 0.305 e. The van der Waals surface area contributed by atoms with Crippen LogP contribution >= 0.6 is 0 Å². The molecule has 0 saturated carbocycles. The van der Waals surface area contributed by atoms with E-state index in [1.165, 1.54) is 0 Å². The van der Waals surface area contributed by atoms with E-state index in [2.05, 4.69) is 39.0 Å². The van der Waals surface area contributed by atoms with Gasteiger partial charge in [0.25, 0.3) is 0 Å². The number of hydrogen-bond donors (Lipinski definition) is 5. The summed E-state index contributed by atoms with van der Waals surface area (Å²) in [6.07, 6.45) is 15.2. The van der Waals surface area contributed by atoms with Crippen molar-refractivity contribution in [1.82, 2.24) is 21.3 Å². The molecule has 0 fully saturated rings. The van der Waals surface area contributed by atoms with Crippen LogP contribution in [0.15, 0.2) is 0 Å². The molecule has 66 heavy (non-hydrogen) atoms. The second-order valence-corrected chi connectivity index (χ2v) is 13.6. The normalized spacial score (nSPS) is 11.0. The third-order valence-electron chi connectivity index (χ3n) is 8.02. The molecule has 22 nitrogen and oxygen atoms in total. The summed E-state index contributed by atoms with van der Waals surface area (Å²) in [5.41, 5.74) is -1.33. The Labute approximate surface area is 389 Å². The number of amides is 4. The molecule has 376 valence electrons.